The maximum absolute atomic E-state index is 12.1. The lowest BCUT2D eigenvalue weighted by molar-refractivity contribution is 0.0318. The standard InChI is InChI=1S/C20H30O4/c1-5-6-7-8-9-16(4)24-20(22)18-12-10-17(11-13-18)19(21)23-14-15(2)3/h10-13,15-16H,5-9,14H2,1-4H3. The zero-order chi connectivity index (χ0) is 17.9. The van der Waals surface area contributed by atoms with Gasteiger partial charge in [-0.25, -0.2) is 9.59 Å². The average molecular weight is 334 g/mol. The lowest BCUT2D eigenvalue weighted by atomic mass is 10.1. The highest BCUT2D eigenvalue weighted by atomic mass is 16.5. The molecule has 0 bridgehead atoms. The normalized spacial score (nSPS) is 12.0. The van der Waals surface area contributed by atoms with Gasteiger partial charge < -0.3 is 9.47 Å². The Kier molecular flexibility index (Phi) is 9.13. The maximum Gasteiger partial charge on any atom is 0.338 e. The lowest BCUT2D eigenvalue weighted by Gasteiger charge is -2.13. The molecule has 0 amide bonds. The molecule has 0 radical (unpaired) electrons. The molecule has 1 aromatic carbocycles. The van der Waals surface area contributed by atoms with E-state index in [2.05, 4.69) is 6.92 Å². The summed E-state index contributed by atoms with van der Waals surface area (Å²) in [5.41, 5.74) is 0.899. The summed E-state index contributed by atoms with van der Waals surface area (Å²) >= 11 is 0. The number of unbranched alkanes of at least 4 members (excludes halogenated alkanes) is 3. The highest BCUT2D eigenvalue weighted by Gasteiger charge is 2.14. The number of rotatable bonds is 10. The van der Waals surface area contributed by atoms with E-state index < -0.39 is 0 Å². The summed E-state index contributed by atoms with van der Waals surface area (Å²) in [6, 6.07) is 6.42. The third kappa shape index (κ3) is 7.62. The van der Waals surface area contributed by atoms with E-state index in [1.165, 1.54) is 19.3 Å². The molecule has 1 rings (SSSR count). The molecule has 0 N–H and O–H groups in total. The lowest BCUT2D eigenvalue weighted by Crippen LogP contribution is -2.15. The van der Waals surface area contributed by atoms with E-state index in [1.807, 2.05) is 20.8 Å². The molecular weight excluding hydrogens is 304 g/mol. The van der Waals surface area contributed by atoms with Crippen molar-refractivity contribution in [3.8, 4) is 0 Å². The second-order valence-corrected chi connectivity index (χ2v) is 6.63. The number of esters is 2. The Labute approximate surface area is 145 Å². The molecule has 4 nitrogen and oxygen atoms in total. The first kappa shape index (κ1) is 20.2. The van der Waals surface area contributed by atoms with E-state index in [0.29, 0.717) is 23.7 Å². The molecule has 1 unspecified atom stereocenters. The molecule has 134 valence electrons. The summed E-state index contributed by atoms with van der Waals surface area (Å²) < 4.78 is 10.6. The van der Waals surface area contributed by atoms with Gasteiger partial charge in [-0.05, 0) is 49.9 Å². The predicted octanol–water partition coefficient (Wildman–Crippen LogP) is 5.02. The van der Waals surface area contributed by atoms with Crippen molar-refractivity contribution in [2.75, 3.05) is 6.61 Å². The zero-order valence-electron chi connectivity index (χ0n) is 15.3. The van der Waals surface area contributed by atoms with E-state index in [1.54, 1.807) is 24.3 Å². The van der Waals surface area contributed by atoms with E-state index in [9.17, 15) is 9.59 Å². The number of benzene rings is 1. The minimum atomic E-state index is -0.368. The molecule has 0 aliphatic carbocycles. The predicted molar refractivity (Wildman–Crippen MR) is 95.2 cm³/mol. The fourth-order valence-corrected chi connectivity index (χ4v) is 2.24. The molecule has 4 heteroatoms. The Morgan fingerprint density at radius 1 is 0.917 bits per heavy atom. The maximum atomic E-state index is 12.1. The van der Waals surface area contributed by atoms with Gasteiger partial charge in [0, 0.05) is 0 Å². The number of hydrogen-bond donors (Lipinski definition) is 0. The van der Waals surface area contributed by atoms with E-state index in [4.69, 9.17) is 9.47 Å². The summed E-state index contributed by atoms with van der Waals surface area (Å²) in [4.78, 5) is 23.9. The van der Waals surface area contributed by atoms with Crippen LogP contribution < -0.4 is 0 Å². The molecule has 1 aromatic rings. The zero-order valence-corrected chi connectivity index (χ0v) is 15.3. The fraction of sp³-hybridized carbons (Fsp3) is 0.600. The van der Waals surface area contributed by atoms with E-state index in [-0.39, 0.29) is 18.0 Å². The third-order valence-corrected chi connectivity index (χ3v) is 3.68. The van der Waals surface area contributed by atoms with Crippen molar-refractivity contribution >= 4 is 11.9 Å². The Morgan fingerprint density at radius 2 is 1.50 bits per heavy atom. The first-order valence-electron chi connectivity index (χ1n) is 8.92. The van der Waals surface area contributed by atoms with E-state index >= 15 is 0 Å². The van der Waals surface area contributed by atoms with Crippen LogP contribution in [0.5, 0.6) is 0 Å². The van der Waals surface area contributed by atoms with Crippen molar-refractivity contribution in [2.45, 2.75) is 65.9 Å². The van der Waals surface area contributed by atoms with Crippen molar-refractivity contribution in [2.24, 2.45) is 5.92 Å². The second-order valence-electron chi connectivity index (χ2n) is 6.63. The minimum Gasteiger partial charge on any atom is -0.462 e. The fourth-order valence-electron chi connectivity index (χ4n) is 2.24. The molecule has 1 atom stereocenters. The Bertz CT molecular complexity index is 505. The van der Waals surface area contributed by atoms with Gasteiger partial charge in [0.1, 0.15) is 0 Å². The van der Waals surface area contributed by atoms with Gasteiger partial charge in [-0.2, -0.15) is 0 Å². The number of carbonyl (C=O) groups excluding carboxylic acids is 2. The molecule has 0 aliphatic rings. The van der Waals surface area contributed by atoms with Crippen LogP contribution in [0.2, 0.25) is 0 Å². The molecule has 0 aliphatic heterocycles. The Morgan fingerprint density at radius 3 is 2.04 bits per heavy atom. The quantitative estimate of drug-likeness (QED) is 0.445. The molecular formula is C20H30O4. The first-order chi connectivity index (χ1) is 11.4. The Hall–Kier alpha value is -1.84. The van der Waals surface area contributed by atoms with Gasteiger partial charge in [-0.3, -0.25) is 0 Å². The SMILES string of the molecule is CCCCCCC(C)OC(=O)c1ccc(C(=O)OCC(C)C)cc1. The molecule has 0 saturated heterocycles. The van der Waals surface area contributed by atoms with Crippen LogP contribution in [0, 0.1) is 5.92 Å². The summed E-state index contributed by atoms with van der Waals surface area (Å²) in [5, 5.41) is 0. The van der Waals surface area contributed by atoms with Crippen LogP contribution in [0.1, 0.15) is 80.5 Å². The molecule has 0 fully saturated rings. The van der Waals surface area contributed by atoms with Gasteiger partial charge in [0.2, 0.25) is 0 Å². The van der Waals surface area contributed by atoms with Crippen molar-refractivity contribution < 1.29 is 19.1 Å². The van der Waals surface area contributed by atoms with Gasteiger partial charge in [0.15, 0.2) is 0 Å². The summed E-state index contributed by atoms with van der Waals surface area (Å²) in [6.45, 7) is 8.44. The number of carbonyl (C=O) groups is 2. The van der Waals surface area contributed by atoms with Crippen LogP contribution >= 0.6 is 0 Å². The van der Waals surface area contributed by atoms with Crippen LogP contribution in [0.15, 0.2) is 24.3 Å². The summed E-state index contributed by atoms with van der Waals surface area (Å²) in [5.74, 6) is -0.421. The largest absolute Gasteiger partial charge is 0.462 e. The number of ether oxygens (including phenoxy) is 2. The topological polar surface area (TPSA) is 52.6 Å². The van der Waals surface area contributed by atoms with Crippen molar-refractivity contribution in [1.29, 1.82) is 0 Å². The molecule has 0 saturated carbocycles. The minimum absolute atomic E-state index is 0.0926. The molecule has 0 heterocycles. The van der Waals surface area contributed by atoms with Gasteiger partial charge >= 0.3 is 11.9 Å². The van der Waals surface area contributed by atoms with Crippen molar-refractivity contribution in [3.05, 3.63) is 35.4 Å². The van der Waals surface area contributed by atoms with Crippen LogP contribution in [-0.4, -0.2) is 24.6 Å². The van der Waals surface area contributed by atoms with Gasteiger partial charge in [-0.1, -0.05) is 40.0 Å². The first-order valence-corrected chi connectivity index (χ1v) is 8.92. The molecule has 0 aromatic heterocycles. The third-order valence-electron chi connectivity index (χ3n) is 3.68. The van der Waals surface area contributed by atoms with Crippen LogP contribution in [0.4, 0.5) is 0 Å². The van der Waals surface area contributed by atoms with Crippen LogP contribution in [0.3, 0.4) is 0 Å². The Balaban J connectivity index is 2.46. The average Bonchev–Trinajstić information content (AvgIpc) is 2.56. The monoisotopic (exact) mass is 334 g/mol. The highest BCUT2D eigenvalue weighted by Crippen LogP contribution is 2.12. The molecule has 0 spiro atoms. The van der Waals surface area contributed by atoms with Crippen molar-refractivity contribution in [3.63, 3.8) is 0 Å². The van der Waals surface area contributed by atoms with Crippen molar-refractivity contribution in [1.82, 2.24) is 0 Å². The summed E-state index contributed by atoms with van der Waals surface area (Å²) in [7, 11) is 0. The van der Waals surface area contributed by atoms with Crippen LogP contribution in [-0.2, 0) is 9.47 Å². The van der Waals surface area contributed by atoms with Gasteiger partial charge in [0.05, 0.1) is 23.8 Å². The highest BCUT2D eigenvalue weighted by molar-refractivity contribution is 5.93. The second kappa shape index (κ2) is 10.8. The number of hydrogen-bond acceptors (Lipinski definition) is 4. The van der Waals surface area contributed by atoms with E-state index in [0.717, 1.165) is 12.8 Å². The smallest absolute Gasteiger partial charge is 0.338 e. The van der Waals surface area contributed by atoms with Gasteiger partial charge in [-0.15, -0.1) is 0 Å². The summed E-state index contributed by atoms with van der Waals surface area (Å²) in [6.07, 6.45) is 5.44. The van der Waals surface area contributed by atoms with Gasteiger partial charge in [0.25, 0.3) is 0 Å². The molecule has 24 heavy (non-hydrogen) atoms. The van der Waals surface area contributed by atoms with Crippen LogP contribution in [0.25, 0.3) is 0 Å².